The molecule has 1 aromatic rings. The number of aromatic carboxylic acids is 1. The van der Waals surface area contributed by atoms with Crippen LogP contribution >= 0.6 is 0 Å². The fourth-order valence-corrected chi connectivity index (χ4v) is 2.52. The first-order valence-corrected chi connectivity index (χ1v) is 5.76. The number of carbonyl (C=O) groups is 2. The summed E-state index contributed by atoms with van der Waals surface area (Å²) in [6, 6.07) is 6.79. The number of nitrogens with zero attached hydrogens (tertiary/aromatic N) is 1. The quantitative estimate of drug-likeness (QED) is 0.854. The van der Waals surface area contributed by atoms with Crippen LogP contribution in [-0.4, -0.2) is 28.4 Å². The molecule has 2 unspecified atom stereocenters. The van der Waals surface area contributed by atoms with Crippen LogP contribution in [0, 0.1) is 11.8 Å². The van der Waals surface area contributed by atoms with Crippen molar-refractivity contribution in [3.63, 3.8) is 0 Å². The Kier molecular flexibility index (Phi) is 2.18. The van der Waals surface area contributed by atoms with Crippen molar-refractivity contribution in [2.75, 3.05) is 6.54 Å². The number of likely N-dealkylation sites (tertiary alicyclic amines) is 1. The summed E-state index contributed by atoms with van der Waals surface area (Å²) in [5.41, 5.74) is 1.17. The minimum Gasteiger partial charge on any atom is -0.478 e. The Bertz CT molecular complexity index is 497. The summed E-state index contributed by atoms with van der Waals surface area (Å²) in [5.74, 6) is 0.126. The molecule has 0 aromatic heterocycles. The number of benzene rings is 1. The van der Waals surface area contributed by atoms with Crippen LogP contribution in [0.2, 0.25) is 0 Å². The lowest BCUT2D eigenvalue weighted by atomic mass is 10.1. The van der Waals surface area contributed by atoms with Gasteiger partial charge >= 0.3 is 5.97 Å². The first kappa shape index (κ1) is 10.3. The van der Waals surface area contributed by atoms with Gasteiger partial charge in [-0.25, -0.2) is 4.79 Å². The summed E-state index contributed by atoms with van der Waals surface area (Å²) in [4.78, 5) is 24.4. The second kappa shape index (κ2) is 3.58. The lowest BCUT2D eigenvalue weighted by Crippen LogP contribution is -2.27. The smallest absolute Gasteiger partial charge is 0.335 e. The number of carboxylic acid groups (broad SMARTS) is 1. The molecule has 1 saturated carbocycles. The molecule has 2 atom stereocenters. The maximum absolute atomic E-state index is 11.8. The van der Waals surface area contributed by atoms with Crippen molar-refractivity contribution >= 4 is 11.9 Å². The Hall–Kier alpha value is -1.84. The largest absolute Gasteiger partial charge is 0.478 e. The molecule has 88 valence electrons. The van der Waals surface area contributed by atoms with Gasteiger partial charge < -0.3 is 10.0 Å². The summed E-state index contributed by atoms with van der Waals surface area (Å²) in [6.07, 6.45) is 1.05. The van der Waals surface area contributed by atoms with Gasteiger partial charge in [-0.15, -0.1) is 0 Å². The van der Waals surface area contributed by atoms with Gasteiger partial charge in [0.05, 0.1) is 5.56 Å². The number of piperidine rings is 1. The van der Waals surface area contributed by atoms with Crippen molar-refractivity contribution in [2.24, 2.45) is 11.8 Å². The van der Waals surface area contributed by atoms with Crippen LogP contribution in [-0.2, 0) is 11.3 Å². The van der Waals surface area contributed by atoms with Crippen molar-refractivity contribution in [3.05, 3.63) is 35.4 Å². The number of rotatable bonds is 3. The van der Waals surface area contributed by atoms with Gasteiger partial charge in [-0.2, -0.15) is 0 Å². The summed E-state index contributed by atoms with van der Waals surface area (Å²) < 4.78 is 0. The number of hydrogen-bond donors (Lipinski definition) is 1. The minimum atomic E-state index is -0.928. The van der Waals surface area contributed by atoms with Gasteiger partial charge in [0.25, 0.3) is 0 Å². The number of hydrogen-bond acceptors (Lipinski definition) is 2. The van der Waals surface area contributed by atoms with Crippen LogP contribution in [0.1, 0.15) is 22.3 Å². The molecule has 1 aliphatic carbocycles. The fraction of sp³-hybridized carbons (Fsp3) is 0.385. The van der Waals surface area contributed by atoms with Gasteiger partial charge in [-0.3, -0.25) is 4.79 Å². The molecule has 2 fully saturated rings. The summed E-state index contributed by atoms with van der Waals surface area (Å²) in [7, 11) is 0. The Morgan fingerprint density at radius 2 is 2.29 bits per heavy atom. The second-order valence-corrected chi connectivity index (χ2v) is 4.83. The fourth-order valence-electron chi connectivity index (χ4n) is 2.52. The number of amides is 1. The third-order valence-electron chi connectivity index (χ3n) is 3.55. The van der Waals surface area contributed by atoms with Gasteiger partial charge in [0.1, 0.15) is 0 Å². The van der Waals surface area contributed by atoms with E-state index >= 15 is 0 Å². The molecule has 1 saturated heterocycles. The van der Waals surface area contributed by atoms with Gasteiger partial charge in [0.2, 0.25) is 5.91 Å². The Morgan fingerprint density at radius 1 is 1.47 bits per heavy atom. The molecular formula is C13H13NO3. The minimum absolute atomic E-state index is 0.232. The van der Waals surface area contributed by atoms with E-state index < -0.39 is 5.97 Å². The number of carboxylic acids is 1. The highest BCUT2D eigenvalue weighted by Crippen LogP contribution is 2.46. The maximum atomic E-state index is 11.8. The zero-order chi connectivity index (χ0) is 12.0. The van der Waals surface area contributed by atoms with E-state index in [4.69, 9.17) is 5.11 Å². The SMILES string of the molecule is O=C(O)c1cccc(CN2CC3CC3C2=O)c1. The summed E-state index contributed by atoms with van der Waals surface area (Å²) in [6.45, 7) is 1.37. The highest BCUT2D eigenvalue weighted by molar-refractivity contribution is 5.88. The predicted octanol–water partition coefficient (Wildman–Crippen LogP) is 1.36. The lowest BCUT2D eigenvalue weighted by molar-refractivity contribution is -0.130. The van der Waals surface area contributed by atoms with Gasteiger partial charge in [-0.05, 0) is 30.0 Å². The van der Waals surface area contributed by atoms with E-state index in [0.29, 0.717) is 12.5 Å². The zero-order valence-electron chi connectivity index (χ0n) is 9.30. The van der Waals surface area contributed by atoms with Gasteiger partial charge in [-0.1, -0.05) is 12.1 Å². The average molecular weight is 231 g/mol. The topological polar surface area (TPSA) is 57.6 Å². The second-order valence-electron chi connectivity index (χ2n) is 4.83. The molecule has 1 heterocycles. The van der Waals surface area contributed by atoms with Crippen molar-refractivity contribution in [3.8, 4) is 0 Å². The van der Waals surface area contributed by atoms with Crippen LogP contribution < -0.4 is 0 Å². The molecule has 3 rings (SSSR count). The third-order valence-corrected chi connectivity index (χ3v) is 3.55. The van der Waals surface area contributed by atoms with E-state index in [-0.39, 0.29) is 17.4 Å². The standard InChI is InChI=1S/C13H13NO3/c15-12-11-5-10(11)7-14(12)6-8-2-1-3-9(4-8)13(16)17/h1-4,10-11H,5-7H2,(H,16,17). The molecule has 4 heteroatoms. The van der Waals surface area contributed by atoms with Crippen LogP contribution in [0.15, 0.2) is 24.3 Å². The van der Waals surface area contributed by atoms with E-state index in [1.54, 1.807) is 18.2 Å². The van der Waals surface area contributed by atoms with E-state index in [1.165, 1.54) is 0 Å². The lowest BCUT2D eigenvalue weighted by Gasteiger charge is -2.18. The van der Waals surface area contributed by atoms with Crippen molar-refractivity contribution in [2.45, 2.75) is 13.0 Å². The summed E-state index contributed by atoms with van der Waals surface area (Å²) >= 11 is 0. The first-order chi connectivity index (χ1) is 8.15. The predicted molar refractivity (Wildman–Crippen MR) is 60.4 cm³/mol. The van der Waals surface area contributed by atoms with Crippen molar-refractivity contribution < 1.29 is 14.7 Å². The molecule has 1 amide bonds. The molecule has 0 spiro atoms. The third kappa shape index (κ3) is 1.79. The van der Waals surface area contributed by atoms with Gasteiger partial charge in [0.15, 0.2) is 0 Å². The average Bonchev–Trinajstić information content (AvgIpc) is 3.01. The van der Waals surface area contributed by atoms with E-state index in [2.05, 4.69) is 0 Å². The Morgan fingerprint density at radius 3 is 2.94 bits per heavy atom. The normalized spacial score (nSPS) is 25.9. The van der Waals surface area contributed by atoms with Crippen molar-refractivity contribution in [1.29, 1.82) is 0 Å². The monoisotopic (exact) mass is 231 g/mol. The van der Waals surface area contributed by atoms with Crippen molar-refractivity contribution in [1.82, 2.24) is 4.90 Å². The molecule has 1 aromatic carbocycles. The van der Waals surface area contributed by atoms with Crippen LogP contribution in [0.25, 0.3) is 0 Å². The van der Waals surface area contributed by atoms with Crippen LogP contribution in [0.5, 0.6) is 0 Å². The molecule has 1 N–H and O–H groups in total. The highest BCUT2D eigenvalue weighted by Gasteiger charge is 2.51. The number of fused-ring (bicyclic) bond motifs is 1. The molecule has 1 aliphatic heterocycles. The molecule has 2 aliphatic rings. The van der Waals surface area contributed by atoms with Crippen LogP contribution in [0.3, 0.4) is 0 Å². The molecule has 17 heavy (non-hydrogen) atoms. The highest BCUT2D eigenvalue weighted by atomic mass is 16.4. The first-order valence-electron chi connectivity index (χ1n) is 5.76. The Labute approximate surface area is 98.9 Å². The number of carbonyl (C=O) groups excluding carboxylic acids is 1. The van der Waals surface area contributed by atoms with Crippen LogP contribution in [0.4, 0.5) is 0 Å². The van der Waals surface area contributed by atoms with E-state index in [9.17, 15) is 9.59 Å². The summed E-state index contributed by atoms with van der Waals surface area (Å²) in [5, 5.41) is 8.89. The van der Waals surface area contributed by atoms with Gasteiger partial charge in [0, 0.05) is 19.0 Å². The molecule has 0 bridgehead atoms. The zero-order valence-corrected chi connectivity index (χ0v) is 9.30. The Balaban J connectivity index is 1.74. The molecule has 0 radical (unpaired) electrons. The molecular weight excluding hydrogens is 218 g/mol. The molecule has 4 nitrogen and oxygen atoms in total. The van der Waals surface area contributed by atoms with E-state index in [0.717, 1.165) is 18.5 Å². The van der Waals surface area contributed by atoms with E-state index in [1.807, 2.05) is 11.0 Å². The maximum Gasteiger partial charge on any atom is 0.335 e.